The van der Waals surface area contributed by atoms with Crippen LogP contribution in [0.2, 0.25) is 0 Å². The Morgan fingerprint density at radius 1 is 1.59 bits per heavy atom. The monoisotopic (exact) mass is 269 g/mol. The zero-order valence-corrected chi connectivity index (χ0v) is 9.61. The van der Waals surface area contributed by atoms with Crippen LogP contribution in [0.4, 0.5) is 13.2 Å². The van der Waals surface area contributed by atoms with Crippen LogP contribution in [0, 0.1) is 6.92 Å². The van der Waals surface area contributed by atoms with Crippen molar-refractivity contribution < 1.29 is 27.9 Å². The first-order valence-electron chi connectivity index (χ1n) is 4.53. The van der Waals surface area contributed by atoms with Gasteiger partial charge in [0.05, 0.1) is 0 Å². The van der Waals surface area contributed by atoms with Crippen LogP contribution >= 0.6 is 11.3 Å². The second-order valence-corrected chi connectivity index (χ2v) is 4.48. The van der Waals surface area contributed by atoms with Crippen LogP contribution in [0.1, 0.15) is 20.1 Å². The summed E-state index contributed by atoms with van der Waals surface area (Å²) in [6, 6.07) is 1.41. The first-order chi connectivity index (χ1) is 7.79. The Morgan fingerprint density at radius 2 is 2.24 bits per heavy atom. The summed E-state index contributed by atoms with van der Waals surface area (Å²) < 4.78 is 35.2. The number of aromatic carboxylic acids is 1. The number of halogens is 3. The predicted octanol–water partition coefficient (Wildman–Crippen LogP) is 2.34. The minimum Gasteiger partial charge on any atom is -0.477 e. The zero-order chi connectivity index (χ0) is 13.1. The molecule has 8 heteroatoms. The molecule has 17 heavy (non-hydrogen) atoms. The number of carbonyl (C=O) groups is 1. The molecule has 1 rings (SSSR count). The van der Waals surface area contributed by atoms with Gasteiger partial charge in [-0.15, -0.1) is 11.3 Å². The molecular formula is C9H10F3NO3S. The van der Waals surface area contributed by atoms with Gasteiger partial charge in [-0.1, -0.05) is 0 Å². The molecule has 2 N–H and O–H groups in total. The number of alkyl halides is 3. The molecule has 0 saturated heterocycles. The first kappa shape index (κ1) is 13.9. The zero-order valence-electron chi connectivity index (χ0n) is 8.80. The highest BCUT2D eigenvalue weighted by Gasteiger charge is 2.27. The van der Waals surface area contributed by atoms with Gasteiger partial charge in [-0.05, 0) is 18.6 Å². The minimum atomic E-state index is -4.39. The van der Waals surface area contributed by atoms with Crippen LogP contribution in [0.15, 0.2) is 6.07 Å². The number of carboxylic acids is 1. The van der Waals surface area contributed by atoms with Crippen molar-refractivity contribution in [3.63, 3.8) is 0 Å². The van der Waals surface area contributed by atoms with Crippen LogP contribution in [-0.4, -0.2) is 23.9 Å². The van der Waals surface area contributed by atoms with Crippen molar-refractivity contribution in [1.82, 2.24) is 5.48 Å². The van der Waals surface area contributed by atoms with Crippen molar-refractivity contribution >= 4 is 17.3 Å². The van der Waals surface area contributed by atoms with E-state index in [0.29, 0.717) is 5.56 Å². The van der Waals surface area contributed by atoms with Gasteiger partial charge in [-0.3, -0.25) is 4.84 Å². The quantitative estimate of drug-likeness (QED) is 0.636. The summed E-state index contributed by atoms with van der Waals surface area (Å²) in [6.45, 7) is 0.339. The van der Waals surface area contributed by atoms with Crippen molar-refractivity contribution in [3.05, 3.63) is 21.4 Å². The number of hydroxylamine groups is 1. The lowest BCUT2D eigenvalue weighted by molar-refractivity contribution is -0.190. The lowest BCUT2D eigenvalue weighted by Gasteiger charge is -2.07. The Labute approximate surface area is 99.0 Å². The van der Waals surface area contributed by atoms with Gasteiger partial charge in [0.2, 0.25) is 0 Å². The van der Waals surface area contributed by atoms with E-state index in [9.17, 15) is 18.0 Å². The predicted molar refractivity (Wildman–Crippen MR) is 54.9 cm³/mol. The normalized spacial score (nSPS) is 11.8. The Morgan fingerprint density at radius 3 is 2.71 bits per heavy atom. The van der Waals surface area contributed by atoms with Crippen molar-refractivity contribution in [2.75, 3.05) is 6.61 Å². The van der Waals surface area contributed by atoms with E-state index in [0.717, 1.165) is 16.2 Å². The molecule has 0 aliphatic carbocycles. The highest BCUT2D eigenvalue weighted by molar-refractivity contribution is 7.14. The molecule has 0 aliphatic heterocycles. The third-order valence-electron chi connectivity index (χ3n) is 1.83. The summed E-state index contributed by atoms with van der Waals surface area (Å²) >= 11 is 1.07. The Bertz CT molecular complexity index is 403. The first-order valence-corrected chi connectivity index (χ1v) is 5.35. The lowest BCUT2D eigenvalue weighted by Crippen LogP contribution is -2.24. The fraction of sp³-hybridized carbons (Fsp3) is 0.444. The highest BCUT2D eigenvalue weighted by atomic mass is 32.1. The number of aryl methyl sites for hydroxylation is 1. The summed E-state index contributed by atoms with van der Waals surface area (Å²) in [5.41, 5.74) is 2.75. The topological polar surface area (TPSA) is 58.6 Å². The van der Waals surface area contributed by atoms with E-state index in [1.807, 2.05) is 0 Å². The summed E-state index contributed by atoms with van der Waals surface area (Å²) in [5.74, 6) is -1.06. The van der Waals surface area contributed by atoms with E-state index < -0.39 is 18.8 Å². The van der Waals surface area contributed by atoms with Gasteiger partial charge in [0.25, 0.3) is 0 Å². The average molecular weight is 269 g/mol. The van der Waals surface area contributed by atoms with Gasteiger partial charge in [-0.25, -0.2) is 4.79 Å². The van der Waals surface area contributed by atoms with E-state index in [2.05, 4.69) is 10.3 Å². The summed E-state index contributed by atoms with van der Waals surface area (Å²) in [6.07, 6.45) is -4.39. The van der Waals surface area contributed by atoms with Crippen LogP contribution in [0.5, 0.6) is 0 Å². The van der Waals surface area contributed by atoms with Crippen molar-refractivity contribution in [1.29, 1.82) is 0 Å². The van der Waals surface area contributed by atoms with Gasteiger partial charge in [0.1, 0.15) is 4.88 Å². The molecule has 0 bridgehead atoms. The molecule has 0 saturated carbocycles. The number of thiophene rings is 1. The second kappa shape index (κ2) is 5.48. The maximum atomic E-state index is 11.7. The van der Waals surface area contributed by atoms with Gasteiger partial charge in [-0.2, -0.15) is 18.7 Å². The van der Waals surface area contributed by atoms with Crippen LogP contribution in [-0.2, 0) is 11.4 Å². The molecular weight excluding hydrogens is 259 g/mol. The third kappa shape index (κ3) is 4.72. The number of hydrogen-bond donors (Lipinski definition) is 2. The molecule has 1 heterocycles. The molecule has 0 radical (unpaired) electrons. The van der Waals surface area contributed by atoms with Gasteiger partial charge in [0.15, 0.2) is 6.61 Å². The van der Waals surface area contributed by atoms with Crippen LogP contribution in [0.25, 0.3) is 0 Å². The molecule has 1 aromatic rings. The summed E-state index contributed by atoms with van der Waals surface area (Å²) in [4.78, 5) is 15.7. The fourth-order valence-electron chi connectivity index (χ4n) is 1.06. The molecule has 96 valence electrons. The highest BCUT2D eigenvalue weighted by Crippen LogP contribution is 2.21. The molecule has 0 fully saturated rings. The number of carboxylic acid groups (broad SMARTS) is 1. The molecule has 1 aromatic heterocycles. The Hall–Kier alpha value is -1.12. The maximum absolute atomic E-state index is 11.7. The second-order valence-electron chi connectivity index (χ2n) is 3.22. The minimum absolute atomic E-state index is 0.0334. The molecule has 0 aliphatic rings. The smallest absolute Gasteiger partial charge is 0.413 e. The number of rotatable bonds is 5. The van der Waals surface area contributed by atoms with Crippen molar-refractivity contribution in [2.45, 2.75) is 19.6 Å². The standard InChI is InChI=1S/C9H10F3NO3S/c1-5-6(2-7(17-5)8(14)15)3-13-16-4-9(10,11)12/h2,13H,3-4H2,1H3,(H,14,15). The van der Waals surface area contributed by atoms with E-state index in [1.54, 1.807) is 6.92 Å². The van der Waals surface area contributed by atoms with Crippen LogP contribution in [0.3, 0.4) is 0 Å². The van der Waals surface area contributed by atoms with Crippen LogP contribution < -0.4 is 5.48 Å². The lowest BCUT2D eigenvalue weighted by atomic mass is 10.2. The van der Waals surface area contributed by atoms with E-state index in [4.69, 9.17) is 5.11 Å². The van der Waals surface area contributed by atoms with Crippen molar-refractivity contribution in [2.24, 2.45) is 0 Å². The molecule has 4 nitrogen and oxygen atoms in total. The molecule has 0 aromatic carbocycles. The average Bonchev–Trinajstić information content (AvgIpc) is 2.54. The third-order valence-corrected chi connectivity index (χ3v) is 2.91. The SMILES string of the molecule is Cc1sc(C(=O)O)cc1CNOCC(F)(F)F. The molecule has 0 atom stereocenters. The fourth-order valence-corrected chi connectivity index (χ4v) is 1.94. The Balaban J connectivity index is 2.44. The van der Waals surface area contributed by atoms with Gasteiger partial charge >= 0.3 is 12.1 Å². The van der Waals surface area contributed by atoms with Gasteiger partial charge in [0, 0.05) is 11.4 Å². The van der Waals surface area contributed by atoms with E-state index >= 15 is 0 Å². The molecule has 0 spiro atoms. The summed E-state index contributed by atoms with van der Waals surface area (Å²) in [5, 5.41) is 8.71. The molecule has 0 amide bonds. The largest absolute Gasteiger partial charge is 0.477 e. The van der Waals surface area contributed by atoms with Crippen molar-refractivity contribution in [3.8, 4) is 0 Å². The van der Waals surface area contributed by atoms with E-state index in [-0.39, 0.29) is 11.4 Å². The maximum Gasteiger partial charge on any atom is 0.413 e. The Kier molecular flexibility index (Phi) is 4.49. The number of hydrogen-bond acceptors (Lipinski definition) is 4. The molecule has 0 unspecified atom stereocenters. The van der Waals surface area contributed by atoms with E-state index in [1.165, 1.54) is 6.07 Å². The van der Waals surface area contributed by atoms with Gasteiger partial charge < -0.3 is 5.11 Å². The number of nitrogens with one attached hydrogen (secondary N) is 1. The summed E-state index contributed by atoms with van der Waals surface area (Å²) in [7, 11) is 0.